The number of aromatic nitrogens is 4. The Labute approximate surface area is 149 Å². The fraction of sp³-hybridized carbons (Fsp3) is 0.706. The molecule has 0 saturated carbocycles. The molecule has 1 aliphatic heterocycles. The summed E-state index contributed by atoms with van der Waals surface area (Å²) in [5.41, 5.74) is 2.96. The van der Waals surface area contributed by atoms with Crippen molar-refractivity contribution in [1.29, 1.82) is 0 Å². The summed E-state index contributed by atoms with van der Waals surface area (Å²) < 4.78 is 1.78. The van der Waals surface area contributed by atoms with Crippen LogP contribution < -0.4 is 4.90 Å². The molecule has 3 rings (SSSR count). The van der Waals surface area contributed by atoms with E-state index in [4.69, 9.17) is 0 Å². The van der Waals surface area contributed by atoms with Gasteiger partial charge in [0.1, 0.15) is 6.33 Å². The third kappa shape index (κ3) is 4.26. The Bertz CT molecular complexity index is 691. The van der Waals surface area contributed by atoms with E-state index < -0.39 is 0 Å². The van der Waals surface area contributed by atoms with E-state index in [0.29, 0.717) is 12.5 Å². The fourth-order valence-corrected chi connectivity index (χ4v) is 3.29. The van der Waals surface area contributed by atoms with Gasteiger partial charge in [-0.2, -0.15) is 9.61 Å². The van der Waals surface area contributed by atoms with Crippen molar-refractivity contribution < 1.29 is 5.11 Å². The van der Waals surface area contributed by atoms with Crippen molar-refractivity contribution >= 4 is 11.3 Å². The fourth-order valence-electron chi connectivity index (χ4n) is 3.29. The van der Waals surface area contributed by atoms with Gasteiger partial charge in [0, 0.05) is 39.3 Å². The maximum atomic E-state index is 10.1. The highest BCUT2D eigenvalue weighted by Gasteiger charge is 2.22. The van der Waals surface area contributed by atoms with E-state index >= 15 is 0 Å². The van der Waals surface area contributed by atoms with Crippen LogP contribution in [0.25, 0.3) is 5.65 Å². The number of likely N-dealkylation sites (N-methyl/N-ethyl adjacent to an activating group) is 1. The molecule has 1 unspecified atom stereocenters. The maximum Gasteiger partial charge on any atom is 0.200 e. The van der Waals surface area contributed by atoms with E-state index in [1.54, 1.807) is 10.8 Å². The number of aliphatic hydroxyl groups is 1. The Morgan fingerprint density at radius 3 is 2.56 bits per heavy atom. The Kier molecular flexibility index (Phi) is 5.51. The van der Waals surface area contributed by atoms with Gasteiger partial charge < -0.3 is 14.9 Å². The van der Waals surface area contributed by atoms with Crippen molar-refractivity contribution in [2.75, 3.05) is 58.3 Å². The molecule has 8 heteroatoms. The Morgan fingerprint density at radius 2 is 1.92 bits per heavy atom. The molecular weight excluding hydrogens is 318 g/mol. The molecule has 1 saturated heterocycles. The van der Waals surface area contributed by atoms with Crippen molar-refractivity contribution in [2.45, 2.75) is 25.9 Å². The van der Waals surface area contributed by atoms with Crippen LogP contribution in [0.3, 0.4) is 0 Å². The SMILES string of the molecule is CC(C)c1cc(N2CCN(CC(O)CN(C)C)CC2)c2nncn2n1. The van der Waals surface area contributed by atoms with Crippen LogP contribution in [0.15, 0.2) is 12.4 Å². The zero-order valence-electron chi connectivity index (χ0n) is 15.6. The number of fused-ring (bicyclic) bond motifs is 1. The normalized spacial score (nSPS) is 17.8. The van der Waals surface area contributed by atoms with Crippen LogP contribution in [0.2, 0.25) is 0 Å². The van der Waals surface area contributed by atoms with Crippen LogP contribution in [0.4, 0.5) is 5.69 Å². The van der Waals surface area contributed by atoms with Crippen molar-refractivity contribution in [2.24, 2.45) is 0 Å². The lowest BCUT2D eigenvalue weighted by Gasteiger charge is -2.37. The number of anilines is 1. The second kappa shape index (κ2) is 7.63. The van der Waals surface area contributed by atoms with Crippen LogP contribution in [0, 0.1) is 0 Å². The number of β-amino-alcohol motifs (C(OH)–C–C–N with tert-alkyl or cyclic N) is 1. The predicted octanol–water partition coefficient (Wildman–Crippen LogP) is 0.292. The summed E-state index contributed by atoms with van der Waals surface area (Å²) >= 11 is 0. The smallest absolute Gasteiger partial charge is 0.200 e. The van der Waals surface area contributed by atoms with Gasteiger partial charge in [-0.15, -0.1) is 10.2 Å². The zero-order chi connectivity index (χ0) is 18.0. The van der Waals surface area contributed by atoms with Gasteiger partial charge in [-0.05, 0) is 26.1 Å². The summed E-state index contributed by atoms with van der Waals surface area (Å²) in [7, 11) is 3.97. The monoisotopic (exact) mass is 347 g/mol. The second-order valence-electron chi connectivity index (χ2n) is 7.41. The number of hydrogen-bond acceptors (Lipinski definition) is 7. The molecule has 8 nitrogen and oxygen atoms in total. The summed E-state index contributed by atoms with van der Waals surface area (Å²) in [6.07, 6.45) is 1.36. The molecule has 0 aliphatic carbocycles. The molecule has 1 N–H and O–H groups in total. The van der Waals surface area contributed by atoms with Crippen molar-refractivity contribution in [3.63, 3.8) is 0 Å². The summed E-state index contributed by atoms with van der Waals surface area (Å²) in [5.74, 6) is 0.355. The lowest BCUT2D eigenvalue weighted by atomic mass is 10.1. The minimum atomic E-state index is -0.307. The van der Waals surface area contributed by atoms with Gasteiger partial charge in [0.15, 0.2) is 0 Å². The second-order valence-corrected chi connectivity index (χ2v) is 7.41. The van der Waals surface area contributed by atoms with Gasteiger partial charge in [-0.25, -0.2) is 0 Å². The van der Waals surface area contributed by atoms with Gasteiger partial charge >= 0.3 is 0 Å². The molecule has 3 heterocycles. The first-order valence-electron chi connectivity index (χ1n) is 8.95. The Balaban J connectivity index is 1.69. The van der Waals surface area contributed by atoms with E-state index in [2.05, 4.69) is 45.0 Å². The maximum absolute atomic E-state index is 10.1. The Hall–Kier alpha value is -1.77. The van der Waals surface area contributed by atoms with Gasteiger partial charge in [0.2, 0.25) is 5.65 Å². The highest BCUT2D eigenvalue weighted by molar-refractivity contribution is 5.68. The molecule has 0 amide bonds. The number of hydrogen-bond donors (Lipinski definition) is 1. The average Bonchev–Trinajstić information content (AvgIpc) is 3.02. The van der Waals surface area contributed by atoms with Gasteiger partial charge in [0.25, 0.3) is 0 Å². The lowest BCUT2D eigenvalue weighted by molar-refractivity contribution is 0.0861. The standard InChI is InChI=1S/C17H29N7O/c1-13(2)15-9-16(17-19-18-12-24(17)20-15)23-7-5-22(6-8-23)11-14(25)10-21(3)4/h9,12-14,25H,5-8,10-11H2,1-4H3. The van der Waals surface area contributed by atoms with E-state index in [1.165, 1.54) is 0 Å². The van der Waals surface area contributed by atoms with Gasteiger partial charge in [-0.1, -0.05) is 13.8 Å². The number of nitrogens with zero attached hydrogens (tertiary/aromatic N) is 7. The number of piperazine rings is 1. The summed E-state index contributed by atoms with van der Waals surface area (Å²) in [4.78, 5) is 6.70. The van der Waals surface area contributed by atoms with Crippen LogP contribution in [0.1, 0.15) is 25.5 Å². The number of aliphatic hydroxyl groups excluding tert-OH is 1. The topological polar surface area (TPSA) is 73.0 Å². The molecule has 0 bridgehead atoms. The zero-order valence-corrected chi connectivity index (χ0v) is 15.6. The summed E-state index contributed by atoms with van der Waals surface area (Å²) in [6.45, 7) is 9.41. The first kappa shape index (κ1) is 18.0. The molecule has 0 aromatic carbocycles. The molecule has 0 radical (unpaired) electrons. The third-order valence-corrected chi connectivity index (χ3v) is 4.62. The molecule has 1 fully saturated rings. The van der Waals surface area contributed by atoms with Crippen molar-refractivity contribution in [3.05, 3.63) is 18.1 Å². The molecule has 1 aliphatic rings. The molecular formula is C17H29N7O. The highest BCUT2D eigenvalue weighted by atomic mass is 16.3. The first-order chi connectivity index (χ1) is 11.9. The van der Waals surface area contributed by atoms with E-state index in [-0.39, 0.29) is 6.10 Å². The van der Waals surface area contributed by atoms with E-state index in [0.717, 1.165) is 49.8 Å². The highest BCUT2D eigenvalue weighted by Crippen LogP contribution is 2.24. The largest absolute Gasteiger partial charge is 0.390 e. The molecule has 0 spiro atoms. The molecule has 1 atom stereocenters. The Morgan fingerprint density at radius 1 is 1.20 bits per heavy atom. The van der Waals surface area contributed by atoms with Crippen LogP contribution in [-0.4, -0.2) is 94.2 Å². The van der Waals surface area contributed by atoms with E-state index in [1.807, 2.05) is 19.0 Å². The van der Waals surface area contributed by atoms with Gasteiger partial charge in [0.05, 0.1) is 17.5 Å². The van der Waals surface area contributed by atoms with Gasteiger partial charge in [-0.3, -0.25) is 4.90 Å². The molecule has 138 valence electrons. The predicted molar refractivity (Wildman–Crippen MR) is 98.1 cm³/mol. The molecule has 2 aromatic heterocycles. The average molecular weight is 347 g/mol. The van der Waals surface area contributed by atoms with Crippen LogP contribution >= 0.6 is 0 Å². The van der Waals surface area contributed by atoms with Crippen molar-refractivity contribution in [1.82, 2.24) is 29.6 Å². The van der Waals surface area contributed by atoms with E-state index in [9.17, 15) is 5.11 Å². The quantitative estimate of drug-likeness (QED) is 0.805. The first-order valence-corrected chi connectivity index (χ1v) is 8.95. The minimum absolute atomic E-state index is 0.307. The van der Waals surface area contributed by atoms with Crippen LogP contribution in [-0.2, 0) is 0 Å². The number of rotatable bonds is 6. The van der Waals surface area contributed by atoms with Crippen LogP contribution in [0.5, 0.6) is 0 Å². The summed E-state index contributed by atoms with van der Waals surface area (Å²) in [6, 6.07) is 2.14. The minimum Gasteiger partial charge on any atom is -0.390 e. The summed E-state index contributed by atoms with van der Waals surface area (Å²) in [5, 5.41) is 23.0. The third-order valence-electron chi connectivity index (χ3n) is 4.62. The lowest BCUT2D eigenvalue weighted by Crippen LogP contribution is -2.49. The molecule has 25 heavy (non-hydrogen) atoms. The van der Waals surface area contributed by atoms with Crippen molar-refractivity contribution in [3.8, 4) is 0 Å². The molecule has 2 aromatic rings.